The summed E-state index contributed by atoms with van der Waals surface area (Å²) in [7, 11) is 0. The van der Waals surface area contributed by atoms with Gasteiger partial charge in [0.25, 0.3) is 5.91 Å². The number of rotatable bonds is 6. The van der Waals surface area contributed by atoms with Gasteiger partial charge in [0.2, 0.25) is 6.10 Å². The van der Waals surface area contributed by atoms with E-state index in [9.17, 15) is 9.59 Å². The number of nitrogens with one attached hydrogen (secondary N) is 1. The zero-order valence-electron chi connectivity index (χ0n) is 13.5. The number of amides is 1. The van der Waals surface area contributed by atoms with Crippen LogP contribution in [0.5, 0.6) is 0 Å². The summed E-state index contributed by atoms with van der Waals surface area (Å²) in [6.45, 7) is 0. The number of hydrogen-bond acceptors (Lipinski definition) is 4. The second-order valence-corrected chi connectivity index (χ2v) is 5.78. The molecule has 0 aliphatic carbocycles. The lowest BCUT2D eigenvalue weighted by molar-refractivity contribution is -0.137. The van der Waals surface area contributed by atoms with Gasteiger partial charge in [0.05, 0.1) is 5.71 Å². The maximum Gasteiger partial charge on any atom is 0.303 e. The maximum atomic E-state index is 12.3. The van der Waals surface area contributed by atoms with E-state index < -0.39 is 12.1 Å². The van der Waals surface area contributed by atoms with Crippen molar-refractivity contribution in [3.63, 3.8) is 0 Å². The van der Waals surface area contributed by atoms with Crippen LogP contribution in [-0.4, -0.2) is 28.8 Å². The smallest absolute Gasteiger partial charge is 0.303 e. The lowest BCUT2D eigenvalue weighted by Gasteiger charge is -2.10. The quantitative estimate of drug-likeness (QED) is 0.848. The van der Waals surface area contributed by atoms with E-state index in [0.717, 1.165) is 16.8 Å². The third kappa shape index (κ3) is 4.44. The van der Waals surface area contributed by atoms with Gasteiger partial charge in [-0.25, -0.2) is 0 Å². The van der Waals surface area contributed by atoms with Crippen LogP contribution in [0, 0.1) is 0 Å². The largest absolute Gasteiger partial charge is 0.481 e. The van der Waals surface area contributed by atoms with Crippen molar-refractivity contribution < 1.29 is 19.5 Å². The number of aliphatic carboxylic acids is 1. The summed E-state index contributed by atoms with van der Waals surface area (Å²) in [5, 5.41) is 15.5. The zero-order chi connectivity index (χ0) is 17.6. The van der Waals surface area contributed by atoms with E-state index in [-0.39, 0.29) is 12.3 Å². The molecule has 1 atom stereocenters. The first-order chi connectivity index (χ1) is 12.1. The topological polar surface area (TPSA) is 88.0 Å². The van der Waals surface area contributed by atoms with Crippen LogP contribution in [0.2, 0.25) is 0 Å². The first kappa shape index (κ1) is 16.7. The number of carbonyl (C=O) groups excluding carboxylic acids is 1. The van der Waals surface area contributed by atoms with Crippen molar-refractivity contribution in [3.05, 3.63) is 65.7 Å². The number of carbonyl (C=O) groups is 2. The van der Waals surface area contributed by atoms with Crippen LogP contribution in [0.25, 0.3) is 0 Å². The first-order valence-electron chi connectivity index (χ1n) is 8.01. The molecule has 1 heterocycles. The summed E-state index contributed by atoms with van der Waals surface area (Å²) in [6, 6.07) is 16.7. The van der Waals surface area contributed by atoms with Crippen LogP contribution >= 0.6 is 0 Å². The maximum absolute atomic E-state index is 12.3. The molecule has 2 N–H and O–H groups in total. The van der Waals surface area contributed by atoms with Gasteiger partial charge in [0.1, 0.15) is 0 Å². The van der Waals surface area contributed by atoms with Crippen molar-refractivity contribution in [2.45, 2.75) is 25.4 Å². The molecule has 2 aromatic carbocycles. The van der Waals surface area contributed by atoms with E-state index in [0.29, 0.717) is 18.5 Å². The van der Waals surface area contributed by atoms with Crippen LogP contribution in [-0.2, 0) is 20.8 Å². The second kappa shape index (κ2) is 7.61. The molecule has 0 saturated heterocycles. The third-order valence-corrected chi connectivity index (χ3v) is 3.92. The first-order valence-corrected chi connectivity index (χ1v) is 8.01. The molecule has 0 bridgehead atoms. The molecule has 6 nitrogen and oxygen atoms in total. The van der Waals surface area contributed by atoms with Crippen LogP contribution in [0.3, 0.4) is 0 Å². The van der Waals surface area contributed by atoms with E-state index in [2.05, 4.69) is 10.5 Å². The number of hydrogen-bond donors (Lipinski definition) is 2. The highest BCUT2D eigenvalue weighted by molar-refractivity contribution is 6.06. The third-order valence-electron chi connectivity index (χ3n) is 3.92. The zero-order valence-corrected chi connectivity index (χ0v) is 13.5. The fourth-order valence-corrected chi connectivity index (χ4v) is 2.55. The number of carboxylic acids is 1. The van der Waals surface area contributed by atoms with Crippen molar-refractivity contribution in [2.24, 2.45) is 5.16 Å². The van der Waals surface area contributed by atoms with Gasteiger partial charge < -0.3 is 15.3 Å². The van der Waals surface area contributed by atoms with Gasteiger partial charge >= 0.3 is 5.97 Å². The highest BCUT2D eigenvalue weighted by atomic mass is 16.6. The molecule has 2 aromatic rings. The molecule has 1 aliphatic rings. The Hall–Kier alpha value is -3.15. The van der Waals surface area contributed by atoms with Crippen molar-refractivity contribution >= 4 is 23.3 Å². The van der Waals surface area contributed by atoms with E-state index in [1.54, 1.807) is 24.3 Å². The van der Waals surface area contributed by atoms with Gasteiger partial charge in [-0.05, 0) is 29.7 Å². The molecular formula is C19H18N2O4. The minimum atomic E-state index is -0.829. The highest BCUT2D eigenvalue weighted by Crippen LogP contribution is 2.19. The Morgan fingerprint density at radius 2 is 1.84 bits per heavy atom. The molecule has 0 unspecified atom stereocenters. The fourth-order valence-electron chi connectivity index (χ4n) is 2.55. The Morgan fingerprint density at radius 1 is 1.12 bits per heavy atom. The molecule has 0 saturated carbocycles. The predicted molar refractivity (Wildman–Crippen MR) is 93.5 cm³/mol. The lowest BCUT2D eigenvalue weighted by atomic mass is 10.0. The molecule has 0 aromatic heterocycles. The average Bonchev–Trinajstić information content (AvgIpc) is 3.12. The monoisotopic (exact) mass is 338 g/mol. The molecule has 3 rings (SSSR count). The van der Waals surface area contributed by atoms with Crippen molar-refractivity contribution in [1.82, 2.24) is 0 Å². The minimum Gasteiger partial charge on any atom is -0.481 e. The van der Waals surface area contributed by atoms with Crippen LogP contribution in [0.15, 0.2) is 59.8 Å². The SMILES string of the molecule is O=C(O)CCc1ccc(NC(=O)[C@@H]2CC(c3ccccc3)=NO2)cc1. The number of oxime groups is 1. The molecule has 1 amide bonds. The number of carboxylic acid groups (broad SMARTS) is 1. The number of nitrogens with zero attached hydrogens (tertiary/aromatic N) is 1. The summed E-state index contributed by atoms with van der Waals surface area (Å²) in [4.78, 5) is 28.1. The molecule has 0 radical (unpaired) electrons. The van der Waals surface area contributed by atoms with Gasteiger partial charge in [-0.2, -0.15) is 0 Å². The van der Waals surface area contributed by atoms with E-state index in [1.165, 1.54) is 0 Å². The summed E-state index contributed by atoms with van der Waals surface area (Å²) in [5.74, 6) is -1.09. The van der Waals surface area contributed by atoms with Gasteiger partial charge in [-0.15, -0.1) is 0 Å². The van der Waals surface area contributed by atoms with Crippen molar-refractivity contribution in [1.29, 1.82) is 0 Å². The standard InChI is InChI=1S/C19H18N2O4/c22-18(23)11-8-13-6-9-15(10-7-13)20-19(24)17-12-16(21-25-17)14-4-2-1-3-5-14/h1-7,9-10,17H,8,11-12H2,(H,20,24)(H,22,23)/t17-/m0/s1. The Balaban J connectivity index is 1.54. The van der Waals surface area contributed by atoms with Crippen LogP contribution in [0.4, 0.5) is 5.69 Å². The summed E-state index contributed by atoms with van der Waals surface area (Å²) < 4.78 is 0. The Kier molecular flexibility index (Phi) is 5.09. The second-order valence-electron chi connectivity index (χ2n) is 5.78. The van der Waals surface area contributed by atoms with E-state index >= 15 is 0 Å². The van der Waals surface area contributed by atoms with Crippen LogP contribution < -0.4 is 5.32 Å². The average molecular weight is 338 g/mol. The minimum absolute atomic E-state index is 0.0845. The normalized spacial score (nSPS) is 16.0. The van der Waals surface area contributed by atoms with Gasteiger partial charge in [-0.1, -0.05) is 47.6 Å². The molecule has 1 aliphatic heterocycles. The lowest BCUT2D eigenvalue weighted by Crippen LogP contribution is -2.28. The molecule has 128 valence electrons. The molecule has 25 heavy (non-hydrogen) atoms. The van der Waals surface area contributed by atoms with E-state index in [1.807, 2.05) is 30.3 Å². The van der Waals surface area contributed by atoms with Gasteiger partial charge in [-0.3, -0.25) is 9.59 Å². The molecular weight excluding hydrogens is 320 g/mol. The van der Waals surface area contributed by atoms with Gasteiger partial charge in [0.15, 0.2) is 0 Å². The number of anilines is 1. The highest BCUT2D eigenvalue weighted by Gasteiger charge is 2.28. The summed E-state index contributed by atoms with van der Waals surface area (Å²) in [5.41, 5.74) is 3.25. The van der Waals surface area contributed by atoms with Gasteiger partial charge in [0, 0.05) is 18.5 Å². The number of aryl methyl sites for hydroxylation is 1. The summed E-state index contributed by atoms with van der Waals surface area (Å²) in [6.07, 6.45) is 0.319. The van der Waals surface area contributed by atoms with E-state index in [4.69, 9.17) is 9.94 Å². The predicted octanol–water partition coefficient (Wildman–Crippen LogP) is 2.84. The van der Waals surface area contributed by atoms with Crippen molar-refractivity contribution in [2.75, 3.05) is 5.32 Å². The Bertz CT molecular complexity index is 785. The summed E-state index contributed by atoms with van der Waals surface area (Å²) >= 11 is 0. The van der Waals surface area contributed by atoms with Crippen LogP contribution in [0.1, 0.15) is 24.0 Å². The molecule has 0 spiro atoms. The fraction of sp³-hybridized carbons (Fsp3) is 0.211. The Morgan fingerprint density at radius 3 is 2.52 bits per heavy atom. The Labute approximate surface area is 145 Å². The number of benzene rings is 2. The molecule has 0 fully saturated rings. The van der Waals surface area contributed by atoms with Crippen molar-refractivity contribution in [3.8, 4) is 0 Å². The molecule has 6 heteroatoms.